The van der Waals surface area contributed by atoms with Crippen molar-refractivity contribution in [2.45, 2.75) is 21.3 Å². The molecule has 0 atom stereocenters. The van der Waals surface area contributed by atoms with E-state index in [0.717, 1.165) is 33.8 Å². The first-order chi connectivity index (χ1) is 16.8. The Hall–Kier alpha value is -2.71. The van der Waals surface area contributed by atoms with Crippen molar-refractivity contribution in [1.29, 1.82) is 0 Å². The second-order valence-corrected chi connectivity index (χ2v) is 11.7. The molecule has 0 fully saturated rings. The molecule has 2 aliphatic rings. The molecule has 0 saturated carbocycles. The smallest absolute Gasteiger partial charge is 0.314 e. The molecule has 6 rings (SSSR count). The summed E-state index contributed by atoms with van der Waals surface area (Å²) in [7, 11) is 0. The van der Waals surface area contributed by atoms with Gasteiger partial charge >= 0.3 is 6.03 Å². The highest BCUT2D eigenvalue weighted by Crippen LogP contribution is 2.43. The lowest BCUT2D eigenvalue weighted by molar-refractivity contribution is 0.247. The lowest BCUT2D eigenvalue weighted by atomic mass is 10.0. The molecule has 168 valence electrons. The van der Waals surface area contributed by atoms with Crippen molar-refractivity contribution < 1.29 is 4.79 Å². The molecule has 3 nitrogen and oxygen atoms in total. The molecule has 34 heavy (non-hydrogen) atoms. The van der Waals surface area contributed by atoms with Crippen LogP contribution < -0.4 is 10.6 Å². The summed E-state index contributed by atoms with van der Waals surface area (Å²) in [4.78, 5) is 17.8. The topological polar surface area (TPSA) is 41.1 Å². The molecule has 4 aromatic rings. The zero-order chi connectivity index (χ0) is 22.9. The van der Waals surface area contributed by atoms with E-state index < -0.39 is 0 Å². The van der Waals surface area contributed by atoms with Crippen LogP contribution in [0.4, 0.5) is 4.79 Å². The minimum atomic E-state index is -0.250. The van der Waals surface area contributed by atoms with E-state index in [1.165, 1.54) is 30.7 Å². The van der Waals surface area contributed by atoms with Gasteiger partial charge in [0.1, 0.15) is 0 Å². The predicted molar refractivity (Wildman–Crippen MR) is 146 cm³/mol. The normalized spacial score (nSPS) is 16.6. The number of hydrogen-bond acceptors (Lipinski definition) is 5. The number of thiophene rings is 2. The Balaban J connectivity index is 1.30. The van der Waals surface area contributed by atoms with E-state index in [1.807, 2.05) is 35.9 Å². The molecule has 2 amide bonds. The van der Waals surface area contributed by atoms with Gasteiger partial charge in [-0.15, -0.1) is 46.2 Å². The van der Waals surface area contributed by atoms with Gasteiger partial charge < -0.3 is 10.6 Å². The zero-order valence-corrected chi connectivity index (χ0v) is 21.3. The van der Waals surface area contributed by atoms with Gasteiger partial charge in [0.25, 0.3) is 0 Å². The number of thioether (sulfide) groups is 2. The fourth-order valence-corrected chi connectivity index (χ4v) is 8.37. The first-order valence-electron chi connectivity index (χ1n) is 10.8. The lowest BCUT2D eigenvalue weighted by Gasteiger charge is -2.11. The summed E-state index contributed by atoms with van der Waals surface area (Å²) in [5.74, 6) is 1.87. The third kappa shape index (κ3) is 4.14. The van der Waals surface area contributed by atoms with E-state index in [1.54, 1.807) is 22.7 Å². The molecule has 0 bridgehead atoms. The first kappa shape index (κ1) is 21.8. The van der Waals surface area contributed by atoms with Crippen LogP contribution in [0.25, 0.3) is 11.1 Å². The fraction of sp³-hybridized carbons (Fsp3) is 0.0741. The number of rotatable bonds is 2. The third-order valence-electron chi connectivity index (χ3n) is 5.80. The van der Waals surface area contributed by atoms with Crippen molar-refractivity contribution in [1.82, 2.24) is 10.6 Å². The zero-order valence-electron chi connectivity index (χ0n) is 18.0. The Morgan fingerprint density at radius 3 is 1.65 bits per heavy atom. The number of nitrogens with one attached hydrogen (secondary N) is 2. The van der Waals surface area contributed by atoms with Crippen LogP contribution in [-0.4, -0.2) is 6.03 Å². The number of carbonyl (C=O) groups is 1. The Morgan fingerprint density at radius 2 is 1.15 bits per heavy atom. The van der Waals surface area contributed by atoms with Crippen molar-refractivity contribution in [3.05, 3.63) is 116 Å². The predicted octanol–water partition coefficient (Wildman–Crippen LogP) is 7.80. The Bertz CT molecular complexity index is 1340. The van der Waals surface area contributed by atoms with Gasteiger partial charge in [0.05, 0.1) is 0 Å². The van der Waals surface area contributed by atoms with E-state index in [-0.39, 0.29) is 6.03 Å². The second kappa shape index (κ2) is 9.50. The van der Waals surface area contributed by atoms with Crippen LogP contribution in [0.5, 0.6) is 0 Å². The number of carbonyl (C=O) groups excluding carboxylic acids is 1. The Kier molecular flexibility index (Phi) is 6.09. The van der Waals surface area contributed by atoms with Crippen LogP contribution in [-0.2, 0) is 11.5 Å². The van der Waals surface area contributed by atoms with Crippen molar-refractivity contribution in [3.8, 4) is 0 Å². The molecule has 0 saturated heterocycles. The number of hydrogen-bond donors (Lipinski definition) is 2. The van der Waals surface area contributed by atoms with Crippen LogP contribution in [0.15, 0.2) is 93.6 Å². The number of fused-ring (bicyclic) bond motifs is 4. The molecule has 0 unspecified atom stereocenters. The van der Waals surface area contributed by atoms with Gasteiger partial charge in [-0.1, -0.05) is 36.4 Å². The van der Waals surface area contributed by atoms with Crippen molar-refractivity contribution >= 4 is 63.4 Å². The lowest BCUT2D eigenvalue weighted by Crippen LogP contribution is -2.28. The summed E-state index contributed by atoms with van der Waals surface area (Å²) in [6.45, 7) is 0. The second-order valence-electron chi connectivity index (χ2n) is 7.85. The summed E-state index contributed by atoms with van der Waals surface area (Å²) in [6.07, 6.45) is 3.70. The molecular formula is C27H20N2OS4. The number of urea groups is 1. The molecule has 0 spiro atoms. The van der Waals surface area contributed by atoms with E-state index >= 15 is 0 Å². The van der Waals surface area contributed by atoms with E-state index in [9.17, 15) is 4.79 Å². The van der Waals surface area contributed by atoms with E-state index in [0.29, 0.717) is 0 Å². The third-order valence-corrected chi connectivity index (χ3v) is 10.0. The summed E-state index contributed by atoms with van der Waals surface area (Å²) >= 11 is 7.12. The maximum absolute atomic E-state index is 12.9. The average molecular weight is 517 g/mol. The van der Waals surface area contributed by atoms with Gasteiger partial charge in [-0.3, -0.25) is 0 Å². The molecule has 2 N–H and O–H groups in total. The average Bonchev–Trinajstić information content (AvgIpc) is 3.47. The van der Waals surface area contributed by atoms with Gasteiger partial charge in [-0.05, 0) is 57.3 Å². The maximum Gasteiger partial charge on any atom is 0.322 e. The van der Waals surface area contributed by atoms with Gasteiger partial charge in [-0.25, -0.2) is 4.79 Å². The van der Waals surface area contributed by atoms with Crippen molar-refractivity contribution in [3.63, 3.8) is 0 Å². The highest BCUT2D eigenvalue weighted by Gasteiger charge is 2.21. The van der Waals surface area contributed by atoms with Crippen LogP contribution in [0.2, 0.25) is 0 Å². The summed E-state index contributed by atoms with van der Waals surface area (Å²) in [5.41, 5.74) is 7.05. The molecule has 2 aromatic heterocycles. The monoisotopic (exact) mass is 516 g/mol. The van der Waals surface area contributed by atoms with E-state index in [4.69, 9.17) is 0 Å². The Labute approximate surface area is 215 Å². The van der Waals surface area contributed by atoms with Gasteiger partial charge in [0.15, 0.2) is 0 Å². The maximum atomic E-state index is 12.9. The van der Waals surface area contributed by atoms with Crippen molar-refractivity contribution in [2.75, 3.05) is 0 Å². The first-order valence-corrected chi connectivity index (χ1v) is 14.6. The highest BCUT2D eigenvalue weighted by atomic mass is 32.2. The largest absolute Gasteiger partial charge is 0.322 e. The molecule has 0 aliphatic carbocycles. The molecule has 4 heterocycles. The SMILES string of the molecule is O=C(N/C=C1/c2ccccc2SCc2ccsc21)N/C=C1\c2ccccc2SCc2ccsc21. The van der Waals surface area contributed by atoms with Crippen LogP contribution >= 0.6 is 46.2 Å². The molecular weight excluding hydrogens is 497 g/mol. The van der Waals surface area contributed by atoms with E-state index in [2.05, 4.69) is 82.1 Å². The minimum absolute atomic E-state index is 0.250. The van der Waals surface area contributed by atoms with Crippen molar-refractivity contribution in [2.24, 2.45) is 0 Å². The number of amides is 2. The quantitative estimate of drug-likeness (QED) is 0.286. The fourth-order valence-electron chi connectivity index (χ4n) is 4.16. The highest BCUT2D eigenvalue weighted by molar-refractivity contribution is 7.98. The standard InChI is InChI=1S/C27H20N2OS4/c30-27(28-13-21-19-5-1-3-7-23(19)33-15-17-9-11-31-25(17)21)29-14-22-20-6-2-4-8-24(20)34-16-18-10-12-32-26(18)22/h1-14H,15-16H2,(H2,28,29,30)/b21-13-,22-14+. The molecule has 2 aliphatic heterocycles. The van der Waals surface area contributed by atoms with Gasteiger partial charge in [0.2, 0.25) is 0 Å². The summed E-state index contributed by atoms with van der Waals surface area (Å²) < 4.78 is 0. The molecule has 2 aromatic carbocycles. The van der Waals surface area contributed by atoms with Crippen LogP contribution in [0.1, 0.15) is 32.0 Å². The van der Waals surface area contributed by atoms with Crippen LogP contribution in [0, 0.1) is 0 Å². The Morgan fingerprint density at radius 1 is 0.676 bits per heavy atom. The summed E-state index contributed by atoms with van der Waals surface area (Å²) in [5, 5.41) is 10.2. The summed E-state index contributed by atoms with van der Waals surface area (Å²) in [6, 6.07) is 20.9. The minimum Gasteiger partial charge on any atom is -0.314 e. The number of benzene rings is 2. The van der Waals surface area contributed by atoms with Gasteiger partial charge in [-0.2, -0.15) is 0 Å². The van der Waals surface area contributed by atoms with Crippen LogP contribution in [0.3, 0.4) is 0 Å². The molecule has 7 heteroatoms. The molecule has 0 radical (unpaired) electrons. The van der Waals surface area contributed by atoms with Gasteiger partial charge in [0, 0.05) is 54.6 Å².